The molecule has 0 bridgehead atoms. The zero-order valence-corrected chi connectivity index (χ0v) is 9.81. The molecule has 0 spiro atoms. The lowest BCUT2D eigenvalue weighted by Gasteiger charge is -2.29. The second-order valence-corrected chi connectivity index (χ2v) is 5.06. The van der Waals surface area contributed by atoms with Crippen molar-refractivity contribution < 1.29 is 0 Å². The first-order chi connectivity index (χ1) is 5.88. The first-order valence-electron chi connectivity index (χ1n) is 4.46. The Hall–Kier alpha value is 1.01. The number of piperidine rings is 1. The van der Waals surface area contributed by atoms with Crippen molar-refractivity contribution >= 4 is 35.1 Å². The van der Waals surface area contributed by atoms with Crippen LogP contribution in [0.3, 0.4) is 0 Å². The Balaban J connectivity index is 2.29. The molecule has 0 aromatic rings. The van der Waals surface area contributed by atoms with Crippen LogP contribution >= 0.6 is 35.1 Å². The van der Waals surface area contributed by atoms with Gasteiger partial charge in [-0.3, -0.25) is 0 Å². The highest BCUT2D eigenvalue weighted by atomic mass is 33.1. The van der Waals surface area contributed by atoms with Gasteiger partial charge in [0.15, 0.2) is 0 Å². The van der Waals surface area contributed by atoms with E-state index in [1.54, 1.807) is 10.8 Å². The van der Waals surface area contributed by atoms with Gasteiger partial charge in [-0.2, -0.15) is 12.6 Å². The molecule has 0 saturated carbocycles. The molecule has 1 heterocycles. The molecule has 1 N–H and O–H groups in total. The average molecular weight is 223 g/mol. The van der Waals surface area contributed by atoms with E-state index < -0.39 is 0 Å². The van der Waals surface area contributed by atoms with Gasteiger partial charge in [-0.25, -0.2) is 0 Å². The molecule has 0 aromatic carbocycles. The van der Waals surface area contributed by atoms with Crippen LogP contribution in [-0.4, -0.2) is 24.6 Å². The second kappa shape index (κ2) is 6.46. The number of hydrogen-bond donors (Lipinski definition) is 3. The highest BCUT2D eigenvalue weighted by molar-refractivity contribution is 8.68. The van der Waals surface area contributed by atoms with Gasteiger partial charge in [-0.1, -0.05) is 10.8 Å². The fraction of sp³-hybridized carbons (Fsp3) is 1.00. The van der Waals surface area contributed by atoms with Crippen LogP contribution < -0.4 is 5.32 Å². The molecule has 1 unspecified atom stereocenters. The van der Waals surface area contributed by atoms with E-state index in [0.29, 0.717) is 0 Å². The SMILES string of the molecule is SCC(CSS)C1CCNCC1. The highest BCUT2D eigenvalue weighted by Crippen LogP contribution is 2.27. The number of hydrogen-bond acceptors (Lipinski definition) is 4. The van der Waals surface area contributed by atoms with Crippen molar-refractivity contribution in [3.8, 4) is 0 Å². The fourth-order valence-corrected chi connectivity index (χ4v) is 3.51. The summed E-state index contributed by atoms with van der Waals surface area (Å²) in [4.78, 5) is 0. The van der Waals surface area contributed by atoms with E-state index in [-0.39, 0.29) is 0 Å². The summed E-state index contributed by atoms with van der Waals surface area (Å²) in [6.07, 6.45) is 2.64. The number of rotatable bonds is 4. The standard InChI is InChI=1S/C8H17NS3/c10-5-8(6-12-11)7-1-3-9-4-2-7/h7-11H,1-6H2. The minimum atomic E-state index is 0.762. The van der Waals surface area contributed by atoms with Crippen LogP contribution in [-0.2, 0) is 0 Å². The van der Waals surface area contributed by atoms with Crippen molar-refractivity contribution in [3.63, 3.8) is 0 Å². The minimum absolute atomic E-state index is 0.762. The van der Waals surface area contributed by atoms with Crippen LogP contribution in [0.2, 0.25) is 0 Å². The van der Waals surface area contributed by atoms with Gasteiger partial charge in [0.1, 0.15) is 0 Å². The first kappa shape index (κ1) is 11.1. The molecule has 1 fully saturated rings. The van der Waals surface area contributed by atoms with E-state index in [0.717, 1.165) is 23.3 Å². The van der Waals surface area contributed by atoms with Gasteiger partial charge in [-0.05, 0) is 43.5 Å². The monoisotopic (exact) mass is 223 g/mol. The molecule has 0 radical (unpaired) electrons. The third-order valence-electron chi connectivity index (χ3n) is 2.57. The smallest absolute Gasteiger partial charge is 0.00733 e. The average Bonchev–Trinajstić information content (AvgIpc) is 2.15. The molecule has 1 atom stereocenters. The van der Waals surface area contributed by atoms with Gasteiger partial charge < -0.3 is 5.32 Å². The maximum Gasteiger partial charge on any atom is 0.00733 e. The maximum absolute atomic E-state index is 4.39. The fourth-order valence-electron chi connectivity index (χ4n) is 1.75. The molecule has 4 heteroatoms. The normalized spacial score (nSPS) is 22.5. The van der Waals surface area contributed by atoms with E-state index in [1.807, 2.05) is 0 Å². The van der Waals surface area contributed by atoms with Crippen LogP contribution in [0.5, 0.6) is 0 Å². The third kappa shape index (κ3) is 3.40. The van der Waals surface area contributed by atoms with Crippen LogP contribution in [0, 0.1) is 11.8 Å². The topological polar surface area (TPSA) is 12.0 Å². The summed E-state index contributed by atoms with van der Waals surface area (Å²) in [6.45, 7) is 2.37. The molecule has 1 saturated heterocycles. The number of nitrogens with one attached hydrogen (secondary N) is 1. The van der Waals surface area contributed by atoms with E-state index in [9.17, 15) is 0 Å². The van der Waals surface area contributed by atoms with Gasteiger partial charge in [0.25, 0.3) is 0 Å². The van der Waals surface area contributed by atoms with Crippen LogP contribution in [0.4, 0.5) is 0 Å². The lowest BCUT2D eigenvalue weighted by molar-refractivity contribution is 0.300. The van der Waals surface area contributed by atoms with Crippen LogP contribution in [0.25, 0.3) is 0 Å². The summed E-state index contributed by atoms with van der Waals surface area (Å²) in [5.74, 6) is 3.80. The second-order valence-electron chi connectivity index (χ2n) is 3.33. The summed E-state index contributed by atoms with van der Waals surface area (Å²) < 4.78 is 0. The summed E-state index contributed by atoms with van der Waals surface area (Å²) in [7, 11) is 1.65. The Kier molecular flexibility index (Phi) is 5.97. The van der Waals surface area contributed by atoms with Gasteiger partial charge in [-0.15, -0.1) is 11.7 Å². The zero-order valence-electron chi connectivity index (χ0n) is 7.20. The van der Waals surface area contributed by atoms with E-state index in [1.165, 1.54) is 25.9 Å². The summed E-state index contributed by atoms with van der Waals surface area (Å²) >= 11 is 8.59. The van der Waals surface area contributed by atoms with Crippen molar-refractivity contribution in [1.82, 2.24) is 5.32 Å². The molecule has 1 nitrogen and oxygen atoms in total. The molecule has 0 aliphatic carbocycles. The molecule has 1 aliphatic heterocycles. The minimum Gasteiger partial charge on any atom is -0.317 e. The molecule has 72 valence electrons. The molecule has 1 rings (SSSR count). The Morgan fingerprint density at radius 2 is 2.08 bits per heavy atom. The van der Waals surface area contributed by atoms with Crippen molar-refractivity contribution in [2.75, 3.05) is 24.6 Å². The molecular formula is C8H17NS3. The molecule has 0 amide bonds. The Morgan fingerprint density at radius 3 is 2.58 bits per heavy atom. The summed E-state index contributed by atoms with van der Waals surface area (Å²) in [5.41, 5.74) is 0. The third-order valence-corrected chi connectivity index (χ3v) is 4.07. The summed E-state index contributed by atoms with van der Waals surface area (Å²) in [5, 5.41) is 3.38. The first-order valence-corrected chi connectivity index (χ1v) is 7.13. The molecule has 0 aromatic heterocycles. The maximum atomic E-state index is 4.39. The van der Waals surface area contributed by atoms with Gasteiger partial charge in [0, 0.05) is 5.75 Å². The highest BCUT2D eigenvalue weighted by Gasteiger charge is 2.21. The summed E-state index contributed by atoms with van der Waals surface area (Å²) in [6, 6.07) is 0. The zero-order chi connectivity index (χ0) is 8.81. The van der Waals surface area contributed by atoms with Gasteiger partial charge >= 0.3 is 0 Å². The van der Waals surface area contributed by atoms with Gasteiger partial charge in [0.2, 0.25) is 0 Å². The predicted octanol–water partition coefficient (Wildman–Crippen LogP) is 2.11. The van der Waals surface area contributed by atoms with Crippen molar-refractivity contribution in [1.29, 1.82) is 0 Å². The Bertz CT molecular complexity index is 112. The Labute approximate surface area is 89.7 Å². The largest absolute Gasteiger partial charge is 0.317 e. The van der Waals surface area contributed by atoms with E-state index >= 15 is 0 Å². The van der Waals surface area contributed by atoms with E-state index in [2.05, 4.69) is 29.6 Å². The lowest BCUT2D eigenvalue weighted by Crippen LogP contribution is -2.33. The van der Waals surface area contributed by atoms with Crippen LogP contribution in [0.15, 0.2) is 0 Å². The molecule has 12 heavy (non-hydrogen) atoms. The molecular weight excluding hydrogens is 206 g/mol. The van der Waals surface area contributed by atoms with Crippen LogP contribution in [0.1, 0.15) is 12.8 Å². The van der Waals surface area contributed by atoms with Crippen molar-refractivity contribution in [2.45, 2.75) is 12.8 Å². The lowest BCUT2D eigenvalue weighted by atomic mass is 9.87. The van der Waals surface area contributed by atoms with E-state index in [4.69, 9.17) is 0 Å². The van der Waals surface area contributed by atoms with Crippen molar-refractivity contribution in [3.05, 3.63) is 0 Å². The quantitative estimate of drug-likeness (QED) is 0.499. The van der Waals surface area contributed by atoms with Crippen molar-refractivity contribution in [2.24, 2.45) is 11.8 Å². The Morgan fingerprint density at radius 1 is 1.42 bits per heavy atom. The van der Waals surface area contributed by atoms with Gasteiger partial charge in [0.05, 0.1) is 0 Å². The predicted molar refractivity (Wildman–Crippen MR) is 64.4 cm³/mol. The number of thiol groups is 2. The molecule has 1 aliphatic rings.